The van der Waals surface area contributed by atoms with E-state index in [2.05, 4.69) is 33.9 Å². The predicted octanol–water partition coefficient (Wildman–Crippen LogP) is 1.92. The Kier molecular flexibility index (Phi) is 10.5. The lowest BCUT2D eigenvalue weighted by atomic mass is 10.4. The first kappa shape index (κ1) is 20.0. The van der Waals surface area contributed by atoms with Crippen molar-refractivity contribution in [2.45, 2.75) is 20.8 Å². The average Bonchev–Trinajstić information content (AvgIpc) is 2.38. The molecular weight excluding hydrogens is 264 g/mol. The molecule has 0 bridgehead atoms. The minimum atomic E-state index is -0.774. The summed E-state index contributed by atoms with van der Waals surface area (Å²) in [6.45, 7) is 15.2. The Hall–Kier alpha value is -2.37. The Morgan fingerprint density at radius 2 is 1.35 bits per heavy atom. The van der Waals surface area contributed by atoms with Crippen LogP contribution >= 0.6 is 0 Å². The molecule has 0 aliphatic carbocycles. The molecule has 0 aromatic heterocycles. The monoisotopic (exact) mass is 284 g/mol. The maximum atomic E-state index is 10.8. The van der Waals surface area contributed by atoms with Gasteiger partial charge in [-0.15, -0.1) is 0 Å². The van der Waals surface area contributed by atoms with Gasteiger partial charge in [0.25, 0.3) is 0 Å². The highest BCUT2D eigenvalue weighted by atomic mass is 16.6. The van der Waals surface area contributed by atoms with Gasteiger partial charge in [0.05, 0.1) is 13.7 Å². The van der Waals surface area contributed by atoms with Crippen molar-refractivity contribution in [1.29, 1.82) is 0 Å². The molecule has 0 saturated carbocycles. The van der Waals surface area contributed by atoms with Crippen LogP contribution < -0.4 is 0 Å². The van der Waals surface area contributed by atoms with Crippen molar-refractivity contribution >= 4 is 17.9 Å². The molecule has 0 unspecified atom stereocenters. The molecule has 0 amide bonds. The first-order valence-corrected chi connectivity index (χ1v) is 5.64. The molecule has 0 aliphatic rings. The lowest BCUT2D eigenvalue weighted by Crippen LogP contribution is -2.12. The molecule has 0 rings (SSSR count). The first-order valence-electron chi connectivity index (χ1n) is 5.64. The predicted molar refractivity (Wildman–Crippen MR) is 73.5 cm³/mol. The SMILES string of the molecule is C=C(C)C(=O)OC(=C)C(=O)OC.C=C(C)C(=O)OCC. The van der Waals surface area contributed by atoms with Gasteiger partial charge in [-0.1, -0.05) is 13.2 Å². The van der Waals surface area contributed by atoms with Crippen molar-refractivity contribution in [2.24, 2.45) is 0 Å². The molecule has 0 N–H and O–H groups in total. The Balaban J connectivity index is 0. The Labute approximate surface area is 118 Å². The summed E-state index contributed by atoms with van der Waals surface area (Å²) in [7, 11) is 1.17. The molecule has 112 valence electrons. The third kappa shape index (κ3) is 9.64. The summed E-state index contributed by atoms with van der Waals surface area (Å²) in [5.74, 6) is -2.12. The van der Waals surface area contributed by atoms with E-state index in [1.807, 2.05) is 0 Å². The zero-order valence-corrected chi connectivity index (χ0v) is 12.3. The fraction of sp³-hybridized carbons (Fsp3) is 0.357. The van der Waals surface area contributed by atoms with E-state index in [0.29, 0.717) is 12.2 Å². The van der Waals surface area contributed by atoms with Gasteiger partial charge in [0, 0.05) is 11.1 Å². The van der Waals surface area contributed by atoms with Gasteiger partial charge in [0.15, 0.2) is 0 Å². The van der Waals surface area contributed by atoms with E-state index < -0.39 is 11.9 Å². The van der Waals surface area contributed by atoms with Gasteiger partial charge >= 0.3 is 17.9 Å². The van der Waals surface area contributed by atoms with E-state index in [1.54, 1.807) is 13.8 Å². The number of carbonyl (C=O) groups excluding carboxylic acids is 3. The quantitative estimate of drug-likeness (QED) is 0.332. The number of methoxy groups -OCH3 is 1. The highest BCUT2D eigenvalue weighted by Crippen LogP contribution is 2.01. The van der Waals surface area contributed by atoms with Crippen LogP contribution in [0.1, 0.15) is 20.8 Å². The summed E-state index contributed by atoms with van der Waals surface area (Å²) < 4.78 is 13.3. The van der Waals surface area contributed by atoms with Crippen molar-refractivity contribution in [3.05, 3.63) is 36.6 Å². The molecule has 0 radical (unpaired) electrons. The summed E-state index contributed by atoms with van der Waals surface area (Å²) in [6.07, 6.45) is 0. The van der Waals surface area contributed by atoms with Gasteiger partial charge in [-0.05, 0) is 27.4 Å². The van der Waals surface area contributed by atoms with Crippen LogP contribution in [0.2, 0.25) is 0 Å². The number of carbonyl (C=O) groups is 3. The van der Waals surface area contributed by atoms with Crippen molar-refractivity contribution in [2.75, 3.05) is 13.7 Å². The molecule has 6 nitrogen and oxygen atoms in total. The second-order valence-corrected chi connectivity index (χ2v) is 3.59. The summed E-state index contributed by atoms with van der Waals surface area (Å²) in [4.78, 5) is 31.8. The van der Waals surface area contributed by atoms with Gasteiger partial charge in [-0.25, -0.2) is 14.4 Å². The van der Waals surface area contributed by atoms with Crippen molar-refractivity contribution in [3.63, 3.8) is 0 Å². The molecule has 0 spiro atoms. The molecule has 6 heteroatoms. The Morgan fingerprint density at radius 3 is 1.60 bits per heavy atom. The average molecular weight is 284 g/mol. The lowest BCUT2D eigenvalue weighted by Gasteiger charge is -2.03. The molecular formula is C14H20O6. The molecule has 20 heavy (non-hydrogen) atoms. The van der Waals surface area contributed by atoms with Crippen LogP contribution in [0, 0.1) is 0 Å². The fourth-order valence-electron chi connectivity index (χ4n) is 0.609. The minimum Gasteiger partial charge on any atom is -0.463 e. The molecule has 0 aromatic rings. The number of hydrogen-bond acceptors (Lipinski definition) is 6. The molecule has 0 aromatic carbocycles. The fourth-order valence-corrected chi connectivity index (χ4v) is 0.609. The number of ether oxygens (including phenoxy) is 3. The van der Waals surface area contributed by atoms with Gasteiger partial charge in [0.2, 0.25) is 5.76 Å². The summed E-state index contributed by atoms with van der Waals surface area (Å²) >= 11 is 0. The van der Waals surface area contributed by atoms with Crippen LogP contribution in [-0.2, 0) is 28.6 Å². The zero-order valence-electron chi connectivity index (χ0n) is 12.3. The summed E-state index contributed by atoms with van der Waals surface area (Å²) in [5, 5.41) is 0. The second kappa shape index (κ2) is 10.5. The largest absolute Gasteiger partial charge is 0.463 e. The van der Waals surface area contributed by atoms with Crippen LogP contribution in [0.25, 0.3) is 0 Å². The first-order chi connectivity index (χ1) is 9.17. The van der Waals surface area contributed by atoms with Crippen LogP contribution in [0.3, 0.4) is 0 Å². The van der Waals surface area contributed by atoms with Crippen LogP contribution in [0.15, 0.2) is 36.6 Å². The van der Waals surface area contributed by atoms with E-state index in [0.717, 1.165) is 0 Å². The topological polar surface area (TPSA) is 78.9 Å². The van der Waals surface area contributed by atoms with Crippen LogP contribution in [-0.4, -0.2) is 31.6 Å². The summed E-state index contributed by atoms with van der Waals surface area (Å²) in [6, 6.07) is 0. The highest BCUT2D eigenvalue weighted by Gasteiger charge is 2.13. The third-order valence-electron chi connectivity index (χ3n) is 1.60. The van der Waals surface area contributed by atoms with Gasteiger partial charge in [-0.3, -0.25) is 0 Å². The van der Waals surface area contributed by atoms with Gasteiger partial charge in [0.1, 0.15) is 0 Å². The third-order valence-corrected chi connectivity index (χ3v) is 1.60. The standard InChI is InChI=1S/C8H10O4.C6H10O2/c1-5(2)7(9)12-6(3)8(10)11-4;1-4-8-6(7)5(2)3/h1,3H2,2,4H3;2,4H2,1,3H3. The zero-order chi connectivity index (χ0) is 16.3. The Morgan fingerprint density at radius 1 is 0.900 bits per heavy atom. The maximum absolute atomic E-state index is 10.8. The van der Waals surface area contributed by atoms with E-state index in [4.69, 9.17) is 0 Å². The minimum absolute atomic E-state index is 0.194. The number of hydrogen-bond donors (Lipinski definition) is 0. The summed E-state index contributed by atoms with van der Waals surface area (Å²) in [5.41, 5.74) is 0.645. The van der Waals surface area contributed by atoms with Gasteiger partial charge < -0.3 is 14.2 Å². The highest BCUT2D eigenvalue weighted by molar-refractivity contribution is 5.93. The van der Waals surface area contributed by atoms with Crippen molar-refractivity contribution in [3.8, 4) is 0 Å². The molecule has 0 heterocycles. The van der Waals surface area contributed by atoms with Crippen molar-refractivity contribution in [1.82, 2.24) is 0 Å². The van der Waals surface area contributed by atoms with Crippen molar-refractivity contribution < 1.29 is 28.6 Å². The smallest absolute Gasteiger partial charge is 0.373 e. The number of rotatable bonds is 5. The van der Waals surface area contributed by atoms with E-state index >= 15 is 0 Å². The Bertz CT molecular complexity index is 419. The van der Waals surface area contributed by atoms with E-state index in [1.165, 1.54) is 14.0 Å². The molecule has 0 saturated heterocycles. The normalized spacial score (nSPS) is 8.40. The van der Waals surface area contributed by atoms with E-state index in [-0.39, 0.29) is 17.3 Å². The van der Waals surface area contributed by atoms with Crippen LogP contribution in [0.4, 0.5) is 0 Å². The lowest BCUT2D eigenvalue weighted by molar-refractivity contribution is -0.147. The maximum Gasteiger partial charge on any atom is 0.373 e. The molecule has 0 fully saturated rings. The van der Waals surface area contributed by atoms with Crippen LogP contribution in [0.5, 0.6) is 0 Å². The van der Waals surface area contributed by atoms with Gasteiger partial charge in [-0.2, -0.15) is 0 Å². The second-order valence-electron chi connectivity index (χ2n) is 3.59. The molecule has 0 aliphatic heterocycles. The molecule has 0 atom stereocenters. The number of esters is 3. The van der Waals surface area contributed by atoms with E-state index in [9.17, 15) is 14.4 Å².